The fraction of sp³-hybridized carbons (Fsp3) is 0.414. The second-order valence-electron chi connectivity index (χ2n) is 10.2. The number of nitrogens with zero attached hydrogens (tertiary/aromatic N) is 5. The number of amides is 1. The van der Waals surface area contributed by atoms with Crippen molar-refractivity contribution in [3.8, 4) is 17.1 Å². The number of pyridine rings is 1. The quantitative estimate of drug-likeness (QED) is 0.233. The predicted octanol–water partition coefficient (Wildman–Crippen LogP) is 5.75. The van der Waals surface area contributed by atoms with E-state index in [9.17, 15) is 9.59 Å². The second-order valence-corrected chi connectivity index (χ2v) is 11.2. The van der Waals surface area contributed by atoms with Crippen LogP contribution < -0.4 is 10.1 Å². The summed E-state index contributed by atoms with van der Waals surface area (Å²) in [5.74, 6) is 1.40. The predicted molar refractivity (Wildman–Crippen MR) is 157 cm³/mol. The molecular formula is C29H33BrN6O5. The number of fused-ring (bicyclic) bond motifs is 1. The van der Waals surface area contributed by atoms with E-state index < -0.39 is 12.1 Å². The number of esters is 1. The number of methoxy groups -OCH3 is 1. The molecule has 1 fully saturated rings. The molecular weight excluding hydrogens is 592 g/mol. The van der Waals surface area contributed by atoms with Crippen molar-refractivity contribution in [2.45, 2.75) is 39.7 Å². The lowest BCUT2D eigenvalue weighted by Crippen LogP contribution is -2.19. The van der Waals surface area contributed by atoms with Crippen LogP contribution in [-0.2, 0) is 23.1 Å². The number of rotatable bonds is 9. The van der Waals surface area contributed by atoms with Crippen molar-refractivity contribution in [3.63, 3.8) is 0 Å². The number of halogens is 1. The number of aromatic nitrogens is 5. The zero-order chi connectivity index (χ0) is 29.1. The Hall–Kier alpha value is -3.93. The van der Waals surface area contributed by atoms with Gasteiger partial charge in [0.1, 0.15) is 0 Å². The molecule has 0 spiro atoms. The molecule has 12 heteroatoms. The molecule has 4 aromatic rings. The van der Waals surface area contributed by atoms with Gasteiger partial charge in [-0.2, -0.15) is 5.10 Å². The first-order valence-electron chi connectivity index (χ1n) is 13.6. The fourth-order valence-corrected chi connectivity index (χ4v) is 5.75. The zero-order valence-corrected chi connectivity index (χ0v) is 25.1. The normalized spacial score (nSPS) is 16.6. The highest BCUT2D eigenvalue weighted by atomic mass is 79.9. The Morgan fingerprint density at radius 3 is 2.73 bits per heavy atom. The molecule has 41 heavy (non-hydrogen) atoms. The van der Waals surface area contributed by atoms with Crippen molar-refractivity contribution in [2.75, 3.05) is 25.6 Å². The minimum Gasteiger partial charge on any atom is -0.477 e. The molecule has 1 saturated carbocycles. The van der Waals surface area contributed by atoms with E-state index in [0.717, 1.165) is 40.3 Å². The van der Waals surface area contributed by atoms with Crippen molar-refractivity contribution >= 4 is 45.0 Å². The summed E-state index contributed by atoms with van der Waals surface area (Å²) in [6.45, 7) is 5.13. The molecule has 0 bridgehead atoms. The van der Waals surface area contributed by atoms with Crippen LogP contribution in [0.2, 0.25) is 0 Å². The van der Waals surface area contributed by atoms with Crippen LogP contribution in [0.1, 0.15) is 42.2 Å². The Morgan fingerprint density at radius 1 is 1.15 bits per heavy atom. The van der Waals surface area contributed by atoms with E-state index in [1.54, 1.807) is 29.9 Å². The van der Waals surface area contributed by atoms with Crippen molar-refractivity contribution in [1.29, 1.82) is 0 Å². The third-order valence-electron chi connectivity index (χ3n) is 7.28. The summed E-state index contributed by atoms with van der Waals surface area (Å²) >= 11 is 3.56. The Morgan fingerprint density at radius 2 is 1.95 bits per heavy atom. The molecule has 2 atom stereocenters. The number of hydrogen-bond acceptors (Lipinski definition) is 8. The lowest BCUT2D eigenvalue weighted by Gasteiger charge is -2.16. The van der Waals surface area contributed by atoms with Crippen LogP contribution in [0, 0.1) is 18.8 Å². The highest BCUT2D eigenvalue weighted by Crippen LogP contribution is 2.36. The Kier molecular flexibility index (Phi) is 8.57. The zero-order valence-electron chi connectivity index (χ0n) is 23.5. The Balaban J connectivity index is 1.29. The standard InChI is InChI=1S/C29H33BrN6O5/c1-5-40-29(38)34-28-33-23-9-8-21(30)13-25(23)36(28)15-18-6-7-19(11-18)16-41-26-22(14-31-35(26)3)24-12-20(27(37)39-4)10-17(2)32-24/h8-10,12-14,18-19H,5-7,11,15-16H2,1-4H3,(H,33,34,38)/t18-,19+/m1/s1. The number of anilines is 1. The maximum absolute atomic E-state index is 12.2. The van der Waals surface area contributed by atoms with Crippen molar-refractivity contribution in [2.24, 2.45) is 18.9 Å². The van der Waals surface area contributed by atoms with Crippen molar-refractivity contribution in [3.05, 3.63) is 52.3 Å². The van der Waals surface area contributed by atoms with Crippen LogP contribution in [0.4, 0.5) is 10.7 Å². The van der Waals surface area contributed by atoms with E-state index >= 15 is 0 Å². The van der Waals surface area contributed by atoms with Crippen molar-refractivity contribution < 1.29 is 23.8 Å². The molecule has 216 valence electrons. The van der Waals surface area contributed by atoms with Gasteiger partial charge < -0.3 is 18.8 Å². The van der Waals surface area contributed by atoms with E-state index in [-0.39, 0.29) is 6.61 Å². The van der Waals surface area contributed by atoms with Crippen molar-refractivity contribution in [1.82, 2.24) is 24.3 Å². The first-order chi connectivity index (χ1) is 19.7. The molecule has 1 amide bonds. The number of imidazole rings is 1. The van der Waals surface area contributed by atoms with Gasteiger partial charge in [-0.15, -0.1) is 0 Å². The SMILES string of the molecule is CCOC(=O)Nc1nc2ccc(Br)cc2n1C[C@@H]1CC[C@H](COc2c(-c3cc(C(=O)OC)cc(C)n3)cnn2C)C1. The summed E-state index contributed by atoms with van der Waals surface area (Å²) < 4.78 is 21.0. The molecule has 1 aliphatic rings. The van der Waals surface area contributed by atoms with Crippen LogP contribution in [0.5, 0.6) is 5.88 Å². The minimum atomic E-state index is -0.519. The summed E-state index contributed by atoms with van der Waals surface area (Å²) in [5, 5.41) is 7.19. The highest BCUT2D eigenvalue weighted by Gasteiger charge is 2.28. The third-order valence-corrected chi connectivity index (χ3v) is 7.77. The molecule has 0 radical (unpaired) electrons. The topological polar surface area (TPSA) is 122 Å². The summed E-state index contributed by atoms with van der Waals surface area (Å²) in [5.41, 5.74) is 4.22. The van der Waals surface area contributed by atoms with E-state index in [1.165, 1.54) is 7.11 Å². The summed E-state index contributed by atoms with van der Waals surface area (Å²) in [6, 6.07) is 9.28. The largest absolute Gasteiger partial charge is 0.477 e. The van der Waals surface area contributed by atoms with Crippen LogP contribution in [0.15, 0.2) is 41.0 Å². The number of aryl methyl sites for hydroxylation is 2. The van der Waals surface area contributed by atoms with Gasteiger partial charge in [-0.3, -0.25) is 10.3 Å². The van der Waals surface area contributed by atoms with Gasteiger partial charge in [0.15, 0.2) is 0 Å². The Labute approximate surface area is 246 Å². The van der Waals surface area contributed by atoms with Crippen LogP contribution in [0.25, 0.3) is 22.3 Å². The Bertz CT molecular complexity index is 1580. The molecule has 11 nitrogen and oxygen atoms in total. The molecule has 1 aliphatic carbocycles. The maximum Gasteiger partial charge on any atom is 0.413 e. The average Bonchev–Trinajstić information content (AvgIpc) is 3.64. The summed E-state index contributed by atoms with van der Waals surface area (Å²) in [7, 11) is 3.19. The van der Waals surface area contributed by atoms with Crippen LogP contribution >= 0.6 is 15.9 Å². The number of nitrogens with one attached hydrogen (secondary N) is 1. The molecule has 0 unspecified atom stereocenters. The van der Waals surface area contributed by atoms with E-state index in [4.69, 9.17) is 14.2 Å². The lowest BCUT2D eigenvalue weighted by atomic mass is 10.1. The lowest BCUT2D eigenvalue weighted by molar-refractivity contribution is 0.0600. The number of hydrogen-bond donors (Lipinski definition) is 1. The molecule has 5 rings (SSSR count). The van der Waals surface area contributed by atoms with E-state index in [0.29, 0.717) is 53.8 Å². The van der Waals surface area contributed by atoms with Crippen LogP contribution in [0.3, 0.4) is 0 Å². The van der Waals surface area contributed by atoms with Gasteiger partial charge >= 0.3 is 12.1 Å². The molecule has 0 saturated heterocycles. The monoisotopic (exact) mass is 624 g/mol. The molecule has 1 aromatic carbocycles. The first-order valence-corrected chi connectivity index (χ1v) is 14.4. The van der Waals surface area contributed by atoms with Gasteiger partial charge in [0, 0.05) is 23.8 Å². The van der Waals surface area contributed by atoms with E-state index in [2.05, 4.69) is 40.9 Å². The van der Waals surface area contributed by atoms with E-state index in [1.807, 2.05) is 32.2 Å². The molecule has 3 heterocycles. The minimum absolute atomic E-state index is 0.284. The third kappa shape index (κ3) is 6.37. The van der Waals surface area contributed by atoms with Gasteiger partial charge in [0.05, 0.1) is 54.4 Å². The second kappa shape index (κ2) is 12.3. The number of carbonyl (C=O) groups is 2. The summed E-state index contributed by atoms with van der Waals surface area (Å²) in [6.07, 6.45) is 4.20. The van der Waals surface area contributed by atoms with Crippen LogP contribution in [-0.4, -0.2) is 56.7 Å². The highest BCUT2D eigenvalue weighted by molar-refractivity contribution is 9.10. The molecule has 3 aromatic heterocycles. The van der Waals surface area contributed by atoms with Gasteiger partial charge in [-0.1, -0.05) is 15.9 Å². The molecule has 0 aliphatic heterocycles. The molecule has 1 N–H and O–H groups in total. The smallest absolute Gasteiger partial charge is 0.413 e. The average molecular weight is 626 g/mol. The van der Waals surface area contributed by atoms with Gasteiger partial charge in [0.25, 0.3) is 0 Å². The fourth-order valence-electron chi connectivity index (χ4n) is 5.40. The first kappa shape index (κ1) is 28.6. The number of ether oxygens (including phenoxy) is 3. The van der Waals surface area contributed by atoms with Gasteiger partial charge in [-0.05, 0) is 75.3 Å². The number of benzene rings is 1. The summed E-state index contributed by atoms with van der Waals surface area (Å²) in [4.78, 5) is 33.6. The maximum atomic E-state index is 12.2. The van der Waals surface area contributed by atoms with Gasteiger partial charge in [-0.25, -0.2) is 19.3 Å². The van der Waals surface area contributed by atoms with Gasteiger partial charge in [0.2, 0.25) is 11.8 Å². The number of carbonyl (C=O) groups excluding carboxylic acids is 2.